The number of hydrogen-bond acceptors (Lipinski definition) is 2. The monoisotopic (exact) mass is 270 g/mol. The van der Waals surface area contributed by atoms with Gasteiger partial charge in [-0.1, -0.05) is 18.2 Å². The molecule has 0 aromatic heterocycles. The summed E-state index contributed by atoms with van der Waals surface area (Å²) < 4.78 is 13.1. The fourth-order valence-corrected chi connectivity index (χ4v) is 2.47. The van der Waals surface area contributed by atoms with Crippen LogP contribution in [0, 0.1) is 12.7 Å². The highest BCUT2D eigenvalue weighted by atomic mass is 19.1. The molecule has 0 fully saturated rings. The molecule has 0 atom stereocenters. The first kappa shape index (κ1) is 12.7. The van der Waals surface area contributed by atoms with Crippen LogP contribution < -0.4 is 10.6 Å². The summed E-state index contributed by atoms with van der Waals surface area (Å²) in [5, 5.41) is 6.08. The SMILES string of the molecule is Cc1cc(F)ccc1CNc1cccc2c1C(=O)NC2. The summed E-state index contributed by atoms with van der Waals surface area (Å²) in [5.74, 6) is -0.273. The largest absolute Gasteiger partial charge is 0.380 e. The van der Waals surface area contributed by atoms with E-state index in [1.54, 1.807) is 6.07 Å². The van der Waals surface area contributed by atoms with Gasteiger partial charge in [-0.3, -0.25) is 4.79 Å². The summed E-state index contributed by atoms with van der Waals surface area (Å²) in [5.41, 5.74) is 4.46. The number of fused-ring (bicyclic) bond motifs is 1. The van der Waals surface area contributed by atoms with Crippen molar-refractivity contribution in [3.63, 3.8) is 0 Å². The molecular formula is C16H15FN2O. The number of halogens is 1. The molecule has 2 aromatic carbocycles. The zero-order chi connectivity index (χ0) is 14.1. The molecule has 1 aliphatic heterocycles. The van der Waals surface area contributed by atoms with E-state index in [9.17, 15) is 9.18 Å². The number of benzene rings is 2. The Bertz CT molecular complexity index is 682. The predicted octanol–water partition coefficient (Wildman–Crippen LogP) is 2.99. The van der Waals surface area contributed by atoms with E-state index in [-0.39, 0.29) is 11.7 Å². The van der Waals surface area contributed by atoms with Gasteiger partial charge in [-0.2, -0.15) is 0 Å². The van der Waals surface area contributed by atoms with Crippen LogP contribution in [0.1, 0.15) is 27.0 Å². The summed E-state index contributed by atoms with van der Waals surface area (Å²) in [6.07, 6.45) is 0. The fraction of sp³-hybridized carbons (Fsp3) is 0.188. The smallest absolute Gasteiger partial charge is 0.253 e. The molecular weight excluding hydrogens is 255 g/mol. The van der Waals surface area contributed by atoms with Crippen molar-refractivity contribution >= 4 is 11.6 Å². The van der Waals surface area contributed by atoms with Crippen LogP contribution in [0.25, 0.3) is 0 Å². The number of amides is 1. The second-order valence-corrected chi connectivity index (χ2v) is 4.95. The minimum Gasteiger partial charge on any atom is -0.380 e. The van der Waals surface area contributed by atoms with E-state index in [4.69, 9.17) is 0 Å². The van der Waals surface area contributed by atoms with E-state index in [0.717, 1.165) is 22.4 Å². The van der Waals surface area contributed by atoms with E-state index < -0.39 is 0 Å². The third-order valence-electron chi connectivity index (χ3n) is 3.59. The fourth-order valence-electron chi connectivity index (χ4n) is 2.47. The van der Waals surface area contributed by atoms with Gasteiger partial charge in [-0.15, -0.1) is 0 Å². The molecule has 1 amide bonds. The molecule has 0 saturated heterocycles. The molecule has 3 rings (SSSR count). The van der Waals surface area contributed by atoms with Gasteiger partial charge in [0, 0.05) is 18.8 Å². The van der Waals surface area contributed by atoms with Crippen LogP contribution in [0.3, 0.4) is 0 Å². The molecule has 0 saturated carbocycles. The van der Waals surface area contributed by atoms with E-state index in [1.807, 2.05) is 25.1 Å². The first-order chi connectivity index (χ1) is 9.65. The Morgan fingerprint density at radius 3 is 2.95 bits per heavy atom. The summed E-state index contributed by atoms with van der Waals surface area (Å²) in [7, 11) is 0. The quantitative estimate of drug-likeness (QED) is 0.900. The lowest BCUT2D eigenvalue weighted by atomic mass is 10.1. The van der Waals surface area contributed by atoms with Gasteiger partial charge in [0.15, 0.2) is 0 Å². The van der Waals surface area contributed by atoms with Gasteiger partial charge in [-0.25, -0.2) is 4.39 Å². The Balaban J connectivity index is 1.83. The van der Waals surface area contributed by atoms with Crippen molar-refractivity contribution < 1.29 is 9.18 Å². The van der Waals surface area contributed by atoms with Crippen molar-refractivity contribution in [3.8, 4) is 0 Å². The average Bonchev–Trinajstić information content (AvgIpc) is 2.80. The zero-order valence-corrected chi connectivity index (χ0v) is 11.2. The maximum atomic E-state index is 13.1. The maximum absolute atomic E-state index is 13.1. The van der Waals surface area contributed by atoms with E-state index in [0.29, 0.717) is 18.7 Å². The first-order valence-corrected chi connectivity index (χ1v) is 6.54. The molecule has 3 nitrogen and oxygen atoms in total. The van der Waals surface area contributed by atoms with Crippen LogP contribution in [0.2, 0.25) is 0 Å². The Labute approximate surface area is 116 Å². The summed E-state index contributed by atoms with van der Waals surface area (Å²) in [6.45, 7) is 3.03. The molecule has 0 bridgehead atoms. The van der Waals surface area contributed by atoms with Crippen LogP contribution in [0.5, 0.6) is 0 Å². The third-order valence-corrected chi connectivity index (χ3v) is 3.59. The number of carbonyl (C=O) groups excluding carboxylic acids is 1. The van der Waals surface area contributed by atoms with Gasteiger partial charge in [-0.05, 0) is 41.8 Å². The molecule has 4 heteroatoms. The number of anilines is 1. The van der Waals surface area contributed by atoms with Gasteiger partial charge < -0.3 is 10.6 Å². The average molecular weight is 270 g/mol. The van der Waals surface area contributed by atoms with Crippen LogP contribution in [0.4, 0.5) is 10.1 Å². The van der Waals surface area contributed by atoms with E-state index >= 15 is 0 Å². The normalized spacial score (nSPS) is 13.0. The third kappa shape index (κ3) is 2.25. The Morgan fingerprint density at radius 2 is 2.15 bits per heavy atom. The van der Waals surface area contributed by atoms with Gasteiger partial charge in [0.2, 0.25) is 0 Å². The van der Waals surface area contributed by atoms with Gasteiger partial charge in [0.1, 0.15) is 5.82 Å². The van der Waals surface area contributed by atoms with Crippen molar-refractivity contribution in [3.05, 3.63) is 64.5 Å². The van der Waals surface area contributed by atoms with Crippen LogP contribution in [-0.2, 0) is 13.1 Å². The minimum atomic E-state index is -0.230. The molecule has 1 heterocycles. The number of aryl methyl sites for hydroxylation is 1. The highest BCUT2D eigenvalue weighted by Crippen LogP contribution is 2.25. The Morgan fingerprint density at radius 1 is 1.30 bits per heavy atom. The second-order valence-electron chi connectivity index (χ2n) is 4.95. The molecule has 0 spiro atoms. The van der Waals surface area contributed by atoms with Crippen molar-refractivity contribution in [2.75, 3.05) is 5.32 Å². The lowest BCUT2D eigenvalue weighted by Crippen LogP contribution is -2.14. The van der Waals surface area contributed by atoms with Crippen molar-refractivity contribution in [1.29, 1.82) is 0 Å². The van der Waals surface area contributed by atoms with Crippen LogP contribution in [-0.4, -0.2) is 5.91 Å². The van der Waals surface area contributed by atoms with Crippen LogP contribution >= 0.6 is 0 Å². The van der Waals surface area contributed by atoms with Gasteiger partial charge in [0.05, 0.1) is 5.56 Å². The number of carbonyl (C=O) groups is 1. The Kier molecular flexibility index (Phi) is 3.14. The molecule has 102 valence electrons. The van der Waals surface area contributed by atoms with Crippen molar-refractivity contribution in [2.45, 2.75) is 20.0 Å². The predicted molar refractivity (Wildman–Crippen MR) is 76.1 cm³/mol. The van der Waals surface area contributed by atoms with Crippen molar-refractivity contribution in [1.82, 2.24) is 5.32 Å². The highest BCUT2D eigenvalue weighted by Gasteiger charge is 2.21. The van der Waals surface area contributed by atoms with Gasteiger partial charge in [0.25, 0.3) is 5.91 Å². The molecule has 0 unspecified atom stereocenters. The summed E-state index contributed by atoms with van der Waals surface area (Å²) in [6, 6.07) is 10.5. The van der Waals surface area contributed by atoms with Crippen molar-refractivity contribution in [2.24, 2.45) is 0 Å². The van der Waals surface area contributed by atoms with Gasteiger partial charge >= 0.3 is 0 Å². The summed E-state index contributed by atoms with van der Waals surface area (Å²) in [4.78, 5) is 11.8. The maximum Gasteiger partial charge on any atom is 0.253 e. The minimum absolute atomic E-state index is 0.0427. The number of nitrogens with one attached hydrogen (secondary N) is 2. The highest BCUT2D eigenvalue weighted by molar-refractivity contribution is 6.03. The molecule has 2 N–H and O–H groups in total. The second kappa shape index (κ2) is 4.96. The molecule has 1 aliphatic rings. The lowest BCUT2D eigenvalue weighted by Gasteiger charge is -2.11. The summed E-state index contributed by atoms with van der Waals surface area (Å²) >= 11 is 0. The molecule has 0 aliphatic carbocycles. The topological polar surface area (TPSA) is 41.1 Å². The standard InChI is InChI=1S/C16H15FN2O/c1-10-7-13(17)6-5-11(10)8-18-14-4-2-3-12-9-19-16(20)15(12)14/h2-7,18H,8-9H2,1H3,(H,19,20). The van der Waals surface area contributed by atoms with Crippen LogP contribution in [0.15, 0.2) is 36.4 Å². The first-order valence-electron chi connectivity index (χ1n) is 6.54. The molecule has 20 heavy (non-hydrogen) atoms. The molecule has 0 radical (unpaired) electrons. The lowest BCUT2D eigenvalue weighted by molar-refractivity contribution is 0.0966. The number of hydrogen-bond donors (Lipinski definition) is 2. The van der Waals surface area contributed by atoms with E-state index in [1.165, 1.54) is 12.1 Å². The number of rotatable bonds is 3. The zero-order valence-electron chi connectivity index (χ0n) is 11.2. The van der Waals surface area contributed by atoms with E-state index in [2.05, 4.69) is 10.6 Å². The molecule has 2 aromatic rings. The Hall–Kier alpha value is -2.36.